The van der Waals surface area contributed by atoms with Gasteiger partial charge in [-0.05, 0) is 24.5 Å². The van der Waals surface area contributed by atoms with E-state index in [0.717, 1.165) is 16.7 Å². The molecule has 0 aromatic carbocycles. The molecule has 2 rings (SSSR count). The Bertz CT molecular complexity index is 267. The molecule has 1 heterocycles. The Labute approximate surface area is 81.5 Å². The smallest absolute Gasteiger partial charge is 0.0931 e. The van der Waals surface area contributed by atoms with Crippen molar-refractivity contribution in [1.29, 1.82) is 0 Å². The second-order valence-electron chi connectivity index (χ2n) is 3.43. The third-order valence-corrected chi connectivity index (χ3v) is 3.61. The van der Waals surface area contributed by atoms with Gasteiger partial charge in [0, 0.05) is 10.9 Å². The van der Waals surface area contributed by atoms with Gasteiger partial charge in [-0.1, -0.05) is 24.4 Å². The van der Waals surface area contributed by atoms with Gasteiger partial charge in [0.05, 0.1) is 4.34 Å². The lowest BCUT2D eigenvalue weighted by Crippen LogP contribution is -2.08. The van der Waals surface area contributed by atoms with Crippen molar-refractivity contribution in [2.75, 3.05) is 0 Å². The molecule has 1 nitrogen and oxygen atoms in total. The zero-order chi connectivity index (χ0) is 8.55. The Hall–Kier alpha value is -0.0500. The molecule has 12 heavy (non-hydrogen) atoms. The van der Waals surface area contributed by atoms with Crippen molar-refractivity contribution in [3.05, 3.63) is 21.3 Å². The minimum Gasteiger partial charge on any atom is -0.323 e. The summed E-state index contributed by atoms with van der Waals surface area (Å²) in [5, 5.41) is 0. The zero-order valence-electron chi connectivity index (χ0n) is 6.79. The van der Waals surface area contributed by atoms with Gasteiger partial charge in [-0.25, -0.2) is 0 Å². The Morgan fingerprint density at radius 3 is 2.83 bits per heavy atom. The fourth-order valence-corrected chi connectivity index (χ4v) is 2.43. The summed E-state index contributed by atoms with van der Waals surface area (Å²) in [6.45, 7) is 0. The van der Waals surface area contributed by atoms with Crippen LogP contribution in [-0.4, -0.2) is 0 Å². The van der Waals surface area contributed by atoms with E-state index in [4.69, 9.17) is 17.3 Å². The van der Waals surface area contributed by atoms with E-state index in [-0.39, 0.29) is 6.04 Å². The van der Waals surface area contributed by atoms with Crippen LogP contribution in [0.25, 0.3) is 0 Å². The molecule has 0 spiro atoms. The van der Waals surface area contributed by atoms with Crippen LogP contribution in [-0.2, 0) is 0 Å². The van der Waals surface area contributed by atoms with Gasteiger partial charge < -0.3 is 5.73 Å². The van der Waals surface area contributed by atoms with Crippen LogP contribution in [0.15, 0.2) is 12.1 Å². The van der Waals surface area contributed by atoms with Gasteiger partial charge >= 0.3 is 0 Å². The highest BCUT2D eigenvalue weighted by Crippen LogP contribution is 2.38. The second kappa shape index (κ2) is 3.36. The summed E-state index contributed by atoms with van der Waals surface area (Å²) in [4.78, 5) is 1.23. The minimum atomic E-state index is 0.218. The molecule has 66 valence electrons. The molecule has 1 atom stereocenters. The Kier molecular flexibility index (Phi) is 2.40. The molecule has 1 aromatic rings. The molecular weight excluding hydrogens is 190 g/mol. The van der Waals surface area contributed by atoms with Crippen molar-refractivity contribution in [3.63, 3.8) is 0 Å². The molecule has 1 unspecified atom stereocenters. The van der Waals surface area contributed by atoms with Gasteiger partial charge in [-0.3, -0.25) is 0 Å². The quantitative estimate of drug-likeness (QED) is 0.799. The SMILES string of the molecule is NC(CC1CC1)c1ccc(Cl)s1. The summed E-state index contributed by atoms with van der Waals surface area (Å²) < 4.78 is 0.844. The maximum absolute atomic E-state index is 6.00. The monoisotopic (exact) mass is 201 g/mol. The molecule has 0 bridgehead atoms. The van der Waals surface area contributed by atoms with Crippen LogP contribution in [0.4, 0.5) is 0 Å². The summed E-state index contributed by atoms with van der Waals surface area (Å²) in [5.74, 6) is 0.890. The molecule has 0 aliphatic heterocycles. The van der Waals surface area contributed by atoms with Gasteiger partial charge in [-0.15, -0.1) is 11.3 Å². The number of nitrogens with two attached hydrogens (primary N) is 1. The summed E-state index contributed by atoms with van der Waals surface area (Å²) in [6.07, 6.45) is 3.87. The van der Waals surface area contributed by atoms with Crippen molar-refractivity contribution < 1.29 is 0 Å². The van der Waals surface area contributed by atoms with E-state index in [1.54, 1.807) is 11.3 Å². The van der Waals surface area contributed by atoms with Crippen molar-refractivity contribution in [2.45, 2.75) is 25.3 Å². The number of rotatable bonds is 3. The number of hydrogen-bond donors (Lipinski definition) is 1. The molecule has 1 aliphatic rings. The molecule has 1 aromatic heterocycles. The largest absolute Gasteiger partial charge is 0.323 e. The molecule has 2 N–H and O–H groups in total. The third-order valence-electron chi connectivity index (χ3n) is 2.24. The summed E-state index contributed by atoms with van der Waals surface area (Å²) >= 11 is 7.43. The van der Waals surface area contributed by atoms with Crippen molar-refractivity contribution in [3.8, 4) is 0 Å². The van der Waals surface area contributed by atoms with Crippen molar-refractivity contribution in [1.82, 2.24) is 0 Å². The molecule has 1 saturated carbocycles. The van der Waals surface area contributed by atoms with E-state index in [2.05, 4.69) is 0 Å². The van der Waals surface area contributed by atoms with Gasteiger partial charge in [-0.2, -0.15) is 0 Å². The van der Waals surface area contributed by atoms with Gasteiger partial charge in [0.25, 0.3) is 0 Å². The van der Waals surface area contributed by atoms with Crippen LogP contribution < -0.4 is 5.73 Å². The van der Waals surface area contributed by atoms with E-state index in [1.807, 2.05) is 12.1 Å². The third kappa shape index (κ3) is 2.00. The molecular formula is C9H12ClNS. The van der Waals surface area contributed by atoms with Crippen LogP contribution in [0.5, 0.6) is 0 Å². The van der Waals surface area contributed by atoms with Crippen LogP contribution >= 0.6 is 22.9 Å². The number of halogens is 1. The molecule has 1 aliphatic carbocycles. The summed E-state index contributed by atoms with van der Waals surface area (Å²) in [7, 11) is 0. The van der Waals surface area contributed by atoms with Gasteiger partial charge in [0.2, 0.25) is 0 Å². The Morgan fingerprint density at radius 2 is 2.33 bits per heavy atom. The first kappa shape index (κ1) is 8.54. The van der Waals surface area contributed by atoms with Crippen LogP contribution in [0, 0.1) is 5.92 Å². The minimum absolute atomic E-state index is 0.218. The highest BCUT2D eigenvalue weighted by Gasteiger charge is 2.24. The standard InChI is InChI=1S/C9H12ClNS/c10-9-4-3-8(12-9)7(11)5-6-1-2-6/h3-4,6-7H,1-2,5,11H2. The highest BCUT2D eigenvalue weighted by molar-refractivity contribution is 7.16. The van der Waals surface area contributed by atoms with Crippen LogP contribution in [0.2, 0.25) is 4.34 Å². The van der Waals surface area contributed by atoms with E-state index in [1.165, 1.54) is 17.7 Å². The van der Waals surface area contributed by atoms with Crippen molar-refractivity contribution >= 4 is 22.9 Å². The highest BCUT2D eigenvalue weighted by atomic mass is 35.5. The fraction of sp³-hybridized carbons (Fsp3) is 0.556. The van der Waals surface area contributed by atoms with E-state index >= 15 is 0 Å². The maximum Gasteiger partial charge on any atom is 0.0931 e. The van der Waals surface area contributed by atoms with Gasteiger partial charge in [0.1, 0.15) is 0 Å². The Balaban J connectivity index is 1.97. The molecule has 1 fully saturated rings. The first-order valence-electron chi connectivity index (χ1n) is 4.26. The average molecular weight is 202 g/mol. The van der Waals surface area contributed by atoms with Crippen LogP contribution in [0.1, 0.15) is 30.2 Å². The van der Waals surface area contributed by atoms with E-state index < -0.39 is 0 Å². The predicted octanol–water partition coefficient (Wildman–Crippen LogP) is 3.20. The van der Waals surface area contributed by atoms with Crippen molar-refractivity contribution in [2.24, 2.45) is 11.7 Å². The average Bonchev–Trinajstić information content (AvgIpc) is 2.72. The summed E-state index contributed by atoms with van der Waals surface area (Å²) in [5.41, 5.74) is 6.00. The molecule has 3 heteroatoms. The van der Waals surface area contributed by atoms with Gasteiger partial charge in [0.15, 0.2) is 0 Å². The number of hydrogen-bond acceptors (Lipinski definition) is 2. The number of thiophene rings is 1. The lowest BCUT2D eigenvalue weighted by molar-refractivity contribution is 0.605. The lowest BCUT2D eigenvalue weighted by atomic mass is 10.1. The topological polar surface area (TPSA) is 26.0 Å². The normalized spacial score (nSPS) is 19.5. The molecule has 0 radical (unpaired) electrons. The van der Waals surface area contributed by atoms with E-state index in [0.29, 0.717) is 0 Å². The lowest BCUT2D eigenvalue weighted by Gasteiger charge is -2.06. The predicted molar refractivity (Wildman–Crippen MR) is 53.6 cm³/mol. The van der Waals surface area contributed by atoms with E-state index in [9.17, 15) is 0 Å². The second-order valence-corrected chi connectivity index (χ2v) is 5.17. The summed E-state index contributed by atoms with van der Waals surface area (Å²) in [6, 6.07) is 4.18. The molecule has 0 saturated heterocycles. The maximum atomic E-state index is 6.00. The molecule has 0 amide bonds. The zero-order valence-corrected chi connectivity index (χ0v) is 8.37. The first-order valence-corrected chi connectivity index (χ1v) is 5.46. The first-order chi connectivity index (χ1) is 5.75. The van der Waals surface area contributed by atoms with Crippen LogP contribution in [0.3, 0.4) is 0 Å². The Morgan fingerprint density at radius 1 is 1.58 bits per heavy atom. The fourth-order valence-electron chi connectivity index (χ4n) is 1.36.